The monoisotopic (exact) mass is 282 g/mol. The number of nitrogens with zero attached hydrogens (tertiary/aromatic N) is 2. The summed E-state index contributed by atoms with van der Waals surface area (Å²) in [7, 11) is 0. The lowest BCUT2D eigenvalue weighted by molar-refractivity contribution is 0.102. The van der Waals surface area contributed by atoms with Gasteiger partial charge in [0, 0.05) is 16.8 Å². The Labute approximate surface area is 113 Å². The summed E-state index contributed by atoms with van der Waals surface area (Å²) >= 11 is 2.83. The van der Waals surface area contributed by atoms with E-state index in [-0.39, 0.29) is 5.91 Å². The first kappa shape index (κ1) is 13.0. The van der Waals surface area contributed by atoms with Gasteiger partial charge in [0.05, 0.1) is 5.69 Å². The smallest absolute Gasteiger partial charge is 0.276 e. The number of anilines is 2. The summed E-state index contributed by atoms with van der Waals surface area (Å²) in [6.45, 7) is 5.94. The molecule has 0 fully saturated rings. The molecule has 1 amide bonds. The molecule has 0 atom stereocenters. The van der Waals surface area contributed by atoms with Gasteiger partial charge in [0.15, 0.2) is 10.3 Å². The SMILES string of the molecule is Cc1csc(NC(=O)c2csc(NC(C)C)n2)n1. The molecule has 5 nitrogen and oxygen atoms in total. The number of thiazole rings is 2. The van der Waals surface area contributed by atoms with Crippen LogP contribution in [0.15, 0.2) is 10.8 Å². The minimum atomic E-state index is -0.225. The number of carbonyl (C=O) groups is 1. The molecule has 0 aliphatic rings. The summed E-state index contributed by atoms with van der Waals surface area (Å²) in [5, 5.41) is 10.9. The highest BCUT2D eigenvalue weighted by Gasteiger charge is 2.12. The fraction of sp³-hybridized carbons (Fsp3) is 0.364. The van der Waals surface area contributed by atoms with Gasteiger partial charge >= 0.3 is 0 Å². The van der Waals surface area contributed by atoms with Gasteiger partial charge in [0.25, 0.3) is 5.91 Å². The lowest BCUT2D eigenvalue weighted by Crippen LogP contribution is -2.13. The second kappa shape index (κ2) is 5.45. The summed E-state index contributed by atoms with van der Waals surface area (Å²) in [6.07, 6.45) is 0. The number of aryl methyl sites for hydroxylation is 1. The second-order valence-corrected chi connectivity index (χ2v) is 5.80. The number of carbonyl (C=O) groups excluding carboxylic acids is 1. The maximum atomic E-state index is 11.9. The van der Waals surface area contributed by atoms with Crippen molar-refractivity contribution in [1.29, 1.82) is 0 Å². The number of hydrogen-bond acceptors (Lipinski definition) is 6. The van der Waals surface area contributed by atoms with Crippen LogP contribution >= 0.6 is 22.7 Å². The number of hydrogen-bond donors (Lipinski definition) is 2. The van der Waals surface area contributed by atoms with E-state index in [4.69, 9.17) is 0 Å². The lowest BCUT2D eigenvalue weighted by atomic mass is 10.4. The molecule has 2 N–H and O–H groups in total. The zero-order valence-corrected chi connectivity index (χ0v) is 12.0. The zero-order valence-electron chi connectivity index (χ0n) is 10.4. The van der Waals surface area contributed by atoms with Crippen molar-refractivity contribution in [3.63, 3.8) is 0 Å². The van der Waals surface area contributed by atoms with Crippen molar-refractivity contribution in [2.75, 3.05) is 10.6 Å². The Bertz CT molecular complexity index is 547. The maximum absolute atomic E-state index is 11.9. The molecule has 0 aliphatic heterocycles. The Morgan fingerprint density at radius 1 is 1.22 bits per heavy atom. The van der Waals surface area contributed by atoms with Gasteiger partial charge in [-0.3, -0.25) is 10.1 Å². The normalized spacial score (nSPS) is 10.7. The standard InChI is InChI=1S/C11H14N4OS2/c1-6(2)12-10-14-8(5-18-10)9(16)15-11-13-7(3)4-17-11/h4-6H,1-3H3,(H,12,14)(H,13,15,16). The summed E-state index contributed by atoms with van der Waals surface area (Å²) in [5.41, 5.74) is 1.31. The molecule has 96 valence electrons. The van der Waals surface area contributed by atoms with Crippen LogP contribution in [0, 0.1) is 6.92 Å². The zero-order chi connectivity index (χ0) is 13.1. The van der Waals surface area contributed by atoms with Crippen LogP contribution in [0.5, 0.6) is 0 Å². The predicted molar refractivity (Wildman–Crippen MR) is 75.7 cm³/mol. The van der Waals surface area contributed by atoms with Gasteiger partial charge in [0.1, 0.15) is 5.69 Å². The van der Waals surface area contributed by atoms with Gasteiger partial charge in [-0.25, -0.2) is 9.97 Å². The molecule has 0 radical (unpaired) electrons. The molecule has 0 aliphatic carbocycles. The summed E-state index contributed by atoms with van der Waals surface area (Å²) in [4.78, 5) is 20.3. The minimum Gasteiger partial charge on any atom is -0.359 e. The lowest BCUT2D eigenvalue weighted by Gasteiger charge is -2.04. The van der Waals surface area contributed by atoms with Crippen molar-refractivity contribution >= 4 is 38.8 Å². The van der Waals surface area contributed by atoms with E-state index in [1.807, 2.05) is 26.2 Å². The quantitative estimate of drug-likeness (QED) is 0.904. The fourth-order valence-corrected chi connectivity index (χ4v) is 2.78. The van der Waals surface area contributed by atoms with E-state index >= 15 is 0 Å². The molecule has 7 heteroatoms. The van der Waals surface area contributed by atoms with Crippen molar-refractivity contribution < 1.29 is 4.79 Å². The summed E-state index contributed by atoms with van der Waals surface area (Å²) < 4.78 is 0. The van der Waals surface area contributed by atoms with Crippen LogP contribution in [0.1, 0.15) is 30.0 Å². The molecule has 2 aromatic heterocycles. The largest absolute Gasteiger partial charge is 0.359 e. The van der Waals surface area contributed by atoms with Crippen LogP contribution in [-0.2, 0) is 0 Å². The fourth-order valence-electron chi connectivity index (χ4n) is 1.26. The topological polar surface area (TPSA) is 66.9 Å². The first-order valence-corrected chi connectivity index (χ1v) is 7.26. The van der Waals surface area contributed by atoms with E-state index in [1.54, 1.807) is 5.38 Å². The average molecular weight is 282 g/mol. The number of amides is 1. The Morgan fingerprint density at radius 3 is 2.56 bits per heavy atom. The van der Waals surface area contributed by atoms with Crippen molar-refractivity contribution in [1.82, 2.24) is 9.97 Å². The molecule has 2 aromatic rings. The highest BCUT2D eigenvalue weighted by Crippen LogP contribution is 2.19. The highest BCUT2D eigenvalue weighted by molar-refractivity contribution is 7.14. The molecule has 0 aromatic carbocycles. The third-order valence-corrected chi connectivity index (χ3v) is 3.64. The Kier molecular flexibility index (Phi) is 3.93. The van der Waals surface area contributed by atoms with Crippen LogP contribution in [0.3, 0.4) is 0 Å². The van der Waals surface area contributed by atoms with Crippen molar-refractivity contribution in [3.8, 4) is 0 Å². The van der Waals surface area contributed by atoms with Crippen LogP contribution < -0.4 is 10.6 Å². The van der Waals surface area contributed by atoms with Crippen LogP contribution in [0.25, 0.3) is 0 Å². The third-order valence-electron chi connectivity index (χ3n) is 1.99. The van der Waals surface area contributed by atoms with E-state index < -0.39 is 0 Å². The second-order valence-electron chi connectivity index (χ2n) is 4.09. The first-order valence-electron chi connectivity index (χ1n) is 5.50. The van der Waals surface area contributed by atoms with Gasteiger partial charge in [-0.2, -0.15) is 0 Å². The summed E-state index contributed by atoms with van der Waals surface area (Å²) in [6, 6.07) is 0.300. The predicted octanol–water partition coefficient (Wildman–Crippen LogP) is 2.98. The van der Waals surface area contributed by atoms with Crippen molar-refractivity contribution in [2.24, 2.45) is 0 Å². The van der Waals surface area contributed by atoms with Crippen molar-refractivity contribution in [2.45, 2.75) is 26.8 Å². The van der Waals surface area contributed by atoms with E-state index in [9.17, 15) is 4.79 Å². The van der Waals surface area contributed by atoms with E-state index in [2.05, 4.69) is 20.6 Å². The Balaban J connectivity index is 2.02. The molecular weight excluding hydrogens is 268 g/mol. The third kappa shape index (κ3) is 3.27. The molecule has 2 rings (SSSR count). The van der Waals surface area contributed by atoms with Gasteiger partial charge in [0.2, 0.25) is 0 Å². The molecule has 0 unspecified atom stereocenters. The number of rotatable bonds is 4. The average Bonchev–Trinajstić information content (AvgIpc) is 2.87. The number of nitrogens with one attached hydrogen (secondary N) is 2. The molecule has 0 spiro atoms. The molecule has 18 heavy (non-hydrogen) atoms. The molecular formula is C11H14N4OS2. The highest BCUT2D eigenvalue weighted by atomic mass is 32.1. The van der Waals surface area contributed by atoms with Gasteiger partial charge in [-0.05, 0) is 20.8 Å². The molecule has 0 saturated heterocycles. The van der Waals surface area contributed by atoms with E-state index in [0.29, 0.717) is 16.9 Å². The number of aromatic nitrogens is 2. The first-order chi connectivity index (χ1) is 8.54. The van der Waals surface area contributed by atoms with E-state index in [1.165, 1.54) is 22.7 Å². The Hall–Kier alpha value is -1.47. The van der Waals surface area contributed by atoms with Crippen LogP contribution in [-0.4, -0.2) is 21.9 Å². The van der Waals surface area contributed by atoms with Crippen LogP contribution in [0.2, 0.25) is 0 Å². The maximum Gasteiger partial charge on any atom is 0.276 e. The van der Waals surface area contributed by atoms with Crippen LogP contribution in [0.4, 0.5) is 10.3 Å². The van der Waals surface area contributed by atoms with Gasteiger partial charge in [-0.1, -0.05) is 0 Å². The minimum absolute atomic E-state index is 0.225. The van der Waals surface area contributed by atoms with Crippen molar-refractivity contribution in [3.05, 3.63) is 22.1 Å². The van der Waals surface area contributed by atoms with Gasteiger partial charge < -0.3 is 5.32 Å². The summed E-state index contributed by atoms with van der Waals surface area (Å²) in [5.74, 6) is -0.225. The molecule has 0 saturated carbocycles. The Morgan fingerprint density at radius 2 is 1.94 bits per heavy atom. The van der Waals surface area contributed by atoms with Gasteiger partial charge in [-0.15, -0.1) is 22.7 Å². The molecule has 2 heterocycles. The molecule has 0 bridgehead atoms. The van der Waals surface area contributed by atoms with E-state index in [0.717, 1.165) is 10.8 Å².